The van der Waals surface area contributed by atoms with E-state index in [0.717, 1.165) is 13.1 Å². The number of nitrogens with one attached hydrogen (secondary N) is 1. The first kappa shape index (κ1) is 12.3. The molecular formula is C15H24N2. The molecule has 0 fully saturated rings. The summed E-state index contributed by atoms with van der Waals surface area (Å²) in [4.78, 5) is 2.54. The first-order chi connectivity index (χ1) is 7.97. The van der Waals surface area contributed by atoms with Crippen LogP contribution in [0.2, 0.25) is 0 Å². The van der Waals surface area contributed by atoms with Crippen LogP contribution in [0.15, 0.2) is 24.3 Å². The van der Waals surface area contributed by atoms with E-state index in [1.54, 1.807) is 0 Å². The zero-order valence-corrected chi connectivity index (χ0v) is 11.5. The van der Waals surface area contributed by atoms with E-state index in [2.05, 4.69) is 62.2 Å². The van der Waals surface area contributed by atoms with Gasteiger partial charge in [-0.15, -0.1) is 0 Å². The van der Waals surface area contributed by atoms with E-state index < -0.39 is 0 Å². The van der Waals surface area contributed by atoms with E-state index in [-0.39, 0.29) is 0 Å². The molecule has 0 amide bonds. The van der Waals surface area contributed by atoms with Crippen LogP contribution in [0.5, 0.6) is 0 Å². The first-order valence-corrected chi connectivity index (χ1v) is 6.57. The van der Waals surface area contributed by atoms with Gasteiger partial charge in [-0.25, -0.2) is 0 Å². The van der Waals surface area contributed by atoms with Crippen molar-refractivity contribution in [3.05, 3.63) is 24.3 Å². The Hall–Kier alpha value is -1.18. The summed E-state index contributed by atoms with van der Waals surface area (Å²) in [5.74, 6) is 0. The van der Waals surface area contributed by atoms with Gasteiger partial charge in [-0.1, -0.05) is 32.9 Å². The maximum absolute atomic E-state index is 3.50. The topological polar surface area (TPSA) is 15.3 Å². The summed E-state index contributed by atoms with van der Waals surface area (Å²) in [7, 11) is 0. The predicted octanol–water partition coefficient (Wildman–Crippen LogP) is 3.74. The molecule has 1 heterocycles. The minimum absolute atomic E-state index is 0.402. The van der Waals surface area contributed by atoms with Crippen molar-refractivity contribution in [1.29, 1.82) is 0 Å². The van der Waals surface area contributed by atoms with E-state index >= 15 is 0 Å². The third-order valence-electron chi connectivity index (χ3n) is 3.44. The van der Waals surface area contributed by atoms with Gasteiger partial charge in [0, 0.05) is 19.1 Å². The number of hydrogen-bond acceptors (Lipinski definition) is 2. The molecule has 1 atom stereocenters. The fourth-order valence-electron chi connectivity index (χ4n) is 2.28. The molecule has 1 unspecified atom stereocenters. The van der Waals surface area contributed by atoms with Gasteiger partial charge in [0.2, 0.25) is 0 Å². The van der Waals surface area contributed by atoms with E-state index in [1.165, 1.54) is 17.8 Å². The molecule has 1 aliphatic rings. The van der Waals surface area contributed by atoms with E-state index in [1.807, 2.05) is 0 Å². The molecular weight excluding hydrogens is 208 g/mol. The van der Waals surface area contributed by atoms with Crippen LogP contribution in [0.3, 0.4) is 0 Å². The standard InChI is InChI=1S/C15H24N2/c1-12-11-16-13-7-5-6-8-14(13)17(12)10-9-15(2,3)4/h5-8,12,16H,9-11H2,1-4H3. The number of rotatable bonds is 2. The third kappa shape index (κ3) is 2.93. The first-order valence-electron chi connectivity index (χ1n) is 6.57. The number of benzene rings is 1. The van der Waals surface area contributed by atoms with Crippen LogP contribution in [-0.4, -0.2) is 19.1 Å². The molecule has 17 heavy (non-hydrogen) atoms. The molecule has 1 N–H and O–H groups in total. The Labute approximate surface area is 105 Å². The average molecular weight is 232 g/mol. The Bertz CT molecular complexity index is 379. The monoisotopic (exact) mass is 232 g/mol. The van der Waals surface area contributed by atoms with Gasteiger partial charge >= 0.3 is 0 Å². The van der Waals surface area contributed by atoms with Crippen molar-refractivity contribution in [1.82, 2.24) is 0 Å². The highest BCUT2D eigenvalue weighted by atomic mass is 15.2. The fraction of sp³-hybridized carbons (Fsp3) is 0.600. The van der Waals surface area contributed by atoms with Gasteiger partial charge in [0.15, 0.2) is 0 Å². The van der Waals surface area contributed by atoms with Crippen molar-refractivity contribution in [2.24, 2.45) is 5.41 Å². The zero-order valence-electron chi connectivity index (χ0n) is 11.5. The maximum atomic E-state index is 3.50. The predicted molar refractivity (Wildman–Crippen MR) is 75.8 cm³/mol. The largest absolute Gasteiger partial charge is 0.381 e. The zero-order chi connectivity index (χ0) is 12.5. The second-order valence-corrected chi connectivity index (χ2v) is 6.25. The minimum Gasteiger partial charge on any atom is -0.381 e. The molecule has 0 aromatic heterocycles. The van der Waals surface area contributed by atoms with Crippen molar-refractivity contribution < 1.29 is 0 Å². The second-order valence-electron chi connectivity index (χ2n) is 6.25. The molecule has 94 valence electrons. The number of fused-ring (bicyclic) bond motifs is 1. The number of para-hydroxylation sites is 2. The van der Waals surface area contributed by atoms with Gasteiger partial charge in [0.25, 0.3) is 0 Å². The Kier molecular flexibility index (Phi) is 3.32. The highest BCUT2D eigenvalue weighted by molar-refractivity contribution is 5.72. The maximum Gasteiger partial charge on any atom is 0.0605 e. The number of nitrogens with zero attached hydrogens (tertiary/aromatic N) is 1. The molecule has 1 aromatic carbocycles. The minimum atomic E-state index is 0.402. The molecule has 0 aliphatic carbocycles. The van der Waals surface area contributed by atoms with Crippen molar-refractivity contribution in [3.8, 4) is 0 Å². The van der Waals surface area contributed by atoms with Crippen LogP contribution in [-0.2, 0) is 0 Å². The molecule has 1 aliphatic heterocycles. The molecule has 0 bridgehead atoms. The van der Waals surface area contributed by atoms with Gasteiger partial charge in [-0.2, -0.15) is 0 Å². The van der Waals surface area contributed by atoms with Crippen molar-refractivity contribution >= 4 is 11.4 Å². The molecule has 2 nitrogen and oxygen atoms in total. The van der Waals surface area contributed by atoms with Crippen LogP contribution in [0.1, 0.15) is 34.1 Å². The lowest BCUT2D eigenvalue weighted by Crippen LogP contribution is -2.43. The lowest BCUT2D eigenvalue weighted by atomic mass is 9.91. The van der Waals surface area contributed by atoms with Gasteiger partial charge in [-0.3, -0.25) is 0 Å². The van der Waals surface area contributed by atoms with Crippen LogP contribution in [0.25, 0.3) is 0 Å². The van der Waals surface area contributed by atoms with Crippen molar-refractivity contribution in [2.45, 2.75) is 40.2 Å². The van der Waals surface area contributed by atoms with Gasteiger partial charge in [0.05, 0.1) is 11.4 Å². The summed E-state index contributed by atoms with van der Waals surface area (Å²) < 4.78 is 0. The summed E-state index contributed by atoms with van der Waals surface area (Å²) in [6.45, 7) is 11.4. The second kappa shape index (κ2) is 4.59. The van der Waals surface area contributed by atoms with Crippen LogP contribution in [0.4, 0.5) is 11.4 Å². The van der Waals surface area contributed by atoms with Gasteiger partial charge in [-0.05, 0) is 30.9 Å². The summed E-state index contributed by atoms with van der Waals surface area (Å²) in [6, 6.07) is 9.20. The Morgan fingerprint density at radius 3 is 2.71 bits per heavy atom. The quantitative estimate of drug-likeness (QED) is 0.835. The molecule has 0 saturated carbocycles. The van der Waals surface area contributed by atoms with Crippen LogP contribution >= 0.6 is 0 Å². The van der Waals surface area contributed by atoms with E-state index in [4.69, 9.17) is 0 Å². The fourth-order valence-corrected chi connectivity index (χ4v) is 2.28. The van der Waals surface area contributed by atoms with Crippen LogP contribution in [0, 0.1) is 5.41 Å². The summed E-state index contributed by atoms with van der Waals surface area (Å²) in [5, 5.41) is 3.50. The molecule has 1 aromatic rings. The average Bonchev–Trinajstić information content (AvgIpc) is 2.26. The van der Waals surface area contributed by atoms with Gasteiger partial charge in [0.1, 0.15) is 0 Å². The lowest BCUT2D eigenvalue weighted by molar-refractivity contribution is 0.373. The van der Waals surface area contributed by atoms with E-state index in [0.29, 0.717) is 11.5 Å². The van der Waals surface area contributed by atoms with Crippen LogP contribution < -0.4 is 10.2 Å². The Morgan fingerprint density at radius 2 is 2.00 bits per heavy atom. The summed E-state index contributed by atoms with van der Waals surface area (Å²) >= 11 is 0. The Morgan fingerprint density at radius 1 is 1.29 bits per heavy atom. The highest BCUT2D eigenvalue weighted by Crippen LogP contribution is 2.32. The normalized spacial score (nSPS) is 19.8. The third-order valence-corrected chi connectivity index (χ3v) is 3.44. The summed E-state index contributed by atoms with van der Waals surface area (Å²) in [5.41, 5.74) is 3.04. The molecule has 0 saturated heterocycles. The number of anilines is 2. The van der Waals surface area contributed by atoms with Crippen molar-refractivity contribution in [2.75, 3.05) is 23.3 Å². The van der Waals surface area contributed by atoms with Crippen molar-refractivity contribution in [3.63, 3.8) is 0 Å². The lowest BCUT2D eigenvalue weighted by Gasteiger charge is -2.39. The Balaban J connectivity index is 2.15. The SMILES string of the molecule is CC1CNc2ccccc2N1CCC(C)(C)C. The van der Waals surface area contributed by atoms with E-state index in [9.17, 15) is 0 Å². The molecule has 0 spiro atoms. The summed E-state index contributed by atoms with van der Waals surface area (Å²) in [6.07, 6.45) is 1.23. The molecule has 0 radical (unpaired) electrons. The number of hydrogen-bond donors (Lipinski definition) is 1. The molecule has 2 rings (SSSR count). The van der Waals surface area contributed by atoms with Gasteiger partial charge < -0.3 is 10.2 Å². The highest BCUT2D eigenvalue weighted by Gasteiger charge is 2.23. The molecule has 2 heteroatoms. The smallest absolute Gasteiger partial charge is 0.0605 e.